The molecule has 0 fully saturated rings. The number of carboxylic acid groups (broad SMARTS) is 1. The number of rotatable bonds is 13. The van der Waals surface area contributed by atoms with E-state index in [-0.39, 0.29) is 12.6 Å². The highest BCUT2D eigenvalue weighted by molar-refractivity contribution is 5.79. The summed E-state index contributed by atoms with van der Waals surface area (Å²) in [4.78, 5) is 12.6. The normalized spacial score (nSPS) is 12.8. The lowest BCUT2D eigenvalue weighted by atomic mass is 10.2. The van der Waals surface area contributed by atoms with Crippen molar-refractivity contribution in [3.05, 3.63) is 12.3 Å². The highest BCUT2D eigenvalue weighted by atomic mass is 16.4. The topological polar surface area (TPSA) is 72.8 Å². The molecule has 0 aliphatic heterocycles. The number of hydrogen-bond donors (Lipinski definition) is 3. The molecule has 0 rings (SSSR count). The van der Waals surface area contributed by atoms with Crippen LogP contribution >= 0.6 is 0 Å². The summed E-state index contributed by atoms with van der Waals surface area (Å²) in [6.07, 6.45) is 8.39. The highest BCUT2D eigenvalue weighted by Gasteiger charge is 2.05. The minimum absolute atomic E-state index is 0.125. The van der Waals surface area contributed by atoms with Gasteiger partial charge in [-0.1, -0.05) is 33.1 Å². The number of nitrogens with zero attached hydrogens (tertiary/aromatic N) is 1. The van der Waals surface area contributed by atoms with E-state index in [1.807, 2.05) is 11.8 Å². The molecule has 0 aromatic heterocycles. The molecule has 0 saturated heterocycles. The van der Waals surface area contributed by atoms with E-state index in [0.29, 0.717) is 0 Å². The van der Waals surface area contributed by atoms with Gasteiger partial charge in [0.2, 0.25) is 0 Å². The summed E-state index contributed by atoms with van der Waals surface area (Å²) in [5.74, 6) is -0.918. The zero-order valence-electron chi connectivity index (χ0n) is 12.8. The van der Waals surface area contributed by atoms with Crippen LogP contribution in [0, 0.1) is 0 Å². The Labute approximate surface area is 122 Å². The molecule has 0 amide bonds. The van der Waals surface area contributed by atoms with Gasteiger partial charge in [-0.15, -0.1) is 0 Å². The van der Waals surface area contributed by atoms with Crippen molar-refractivity contribution < 1.29 is 15.0 Å². The molecular weight excluding hydrogens is 256 g/mol. The molecule has 1 unspecified atom stereocenters. The highest BCUT2D eigenvalue weighted by Crippen LogP contribution is 2.02. The Morgan fingerprint density at radius 3 is 2.55 bits per heavy atom. The van der Waals surface area contributed by atoms with Gasteiger partial charge in [0, 0.05) is 38.0 Å². The van der Waals surface area contributed by atoms with Gasteiger partial charge in [0.15, 0.2) is 0 Å². The maximum Gasteiger partial charge on any atom is 0.329 e. The average molecular weight is 286 g/mol. The molecule has 0 spiro atoms. The predicted octanol–water partition coefficient (Wildman–Crippen LogP) is 1.83. The third kappa shape index (κ3) is 10.8. The standard InChI is InChI=1S/C15H30N2O3/c1-3-5-6-7-10-17(11-8-15(19)20)12-9-16-14(4-2)13-18/h8,11,14,16,18H,3-7,9-10,12-13H2,1-2H3,(H,19,20). The van der Waals surface area contributed by atoms with Crippen LogP contribution in [-0.4, -0.2) is 53.4 Å². The number of aliphatic carboxylic acids is 1. The molecule has 0 aliphatic carbocycles. The minimum atomic E-state index is -0.918. The molecule has 0 aliphatic rings. The lowest BCUT2D eigenvalue weighted by molar-refractivity contribution is -0.131. The second-order valence-electron chi connectivity index (χ2n) is 4.99. The predicted molar refractivity (Wildman–Crippen MR) is 81.7 cm³/mol. The van der Waals surface area contributed by atoms with Gasteiger partial charge in [0.05, 0.1) is 6.61 Å². The third-order valence-electron chi connectivity index (χ3n) is 3.27. The van der Waals surface area contributed by atoms with E-state index in [9.17, 15) is 4.79 Å². The minimum Gasteiger partial charge on any atom is -0.478 e. The molecule has 118 valence electrons. The molecule has 0 heterocycles. The summed E-state index contributed by atoms with van der Waals surface area (Å²) in [7, 11) is 0. The van der Waals surface area contributed by atoms with Crippen LogP contribution in [0.15, 0.2) is 12.3 Å². The molecule has 0 bridgehead atoms. The van der Waals surface area contributed by atoms with E-state index in [1.165, 1.54) is 25.3 Å². The van der Waals surface area contributed by atoms with Crippen LogP contribution in [0.3, 0.4) is 0 Å². The number of carboxylic acids is 1. The van der Waals surface area contributed by atoms with Gasteiger partial charge in [-0.05, 0) is 12.8 Å². The number of hydrogen-bond acceptors (Lipinski definition) is 4. The average Bonchev–Trinajstić information content (AvgIpc) is 2.44. The maximum absolute atomic E-state index is 10.6. The molecule has 5 nitrogen and oxygen atoms in total. The number of unbranched alkanes of at least 4 members (excludes halogenated alkanes) is 3. The van der Waals surface area contributed by atoms with Crippen LogP contribution in [0.4, 0.5) is 0 Å². The third-order valence-corrected chi connectivity index (χ3v) is 3.27. The van der Waals surface area contributed by atoms with Crippen LogP contribution in [0.2, 0.25) is 0 Å². The SMILES string of the molecule is CCCCCCN(C=CC(=O)O)CCNC(CC)CO. The van der Waals surface area contributed by atoms with Gasteiger partial charge in [0.25, 0.3) is 0 Å². The van der Waals surface area contributed by atoms with Crippen molar-refractivity contribution in [2.24, 2.45) is 0 Å². The molecule has 0 radical (unpaired) electrons. The van der Waals surface area contributed by atoms with Gasteiger partial charge in [-0.2, -0.15) is 0 Å². The molecule has 0 aromatic rings. The van der Waals surface area contributed by atoms with Gasteiger partial charge in [-0.3, -0.25) is 0 Å². The molecule has 5 heteroatoms. The van der Waals surface area contributed by atoms with Crippen molar-refractivity contribution in [1.29, 1.82) is 0 Å². The number of carbonyl (C=O) groups is 1. The van der Waals surface area contributed by atoms with Crippen LogP contribution in [0.5, 0.6) is 0 Å². The summed E-state index contributed by atoms with van der Waals surface area (Å²) in [5.41, 5.74) is 0. The van der Waals surface area contributed by atoms with Crippen LogP contribution < -0.4 is 5.32 Å². The van der Waals surface area contributed by atoms with E-state index >= 15 is 0 Å². The first-order valence-corrected chi connectivity index (χ1v) is 7.63. The Kier molecular flexibility index (Phi) is 12.2. The van der Waals surface area contributed by atoms with Crippen molar-refractivity contribution in [3.63, 3.8) is 0 Å². The zero-order chi connectivity index (χ0) is 15.2. The van der Waals surface area contributed by atoms with Crippen molar-refractivity contribution in [3.8, 4) is 0 Å². The first kappa shape index (κ1) is 18.9. The van der Waals surface area contributed by atoms with Crippen molar-refractivity contribution in [2.45, 2.75) is 52.0 Å². The first-order valence-electron chi connectivity index (χ1n) is 7.63. The van der Waals surface area contributed by atoms with Gasteiger partial charge in [-0.25, -0.2) is 4.79 Å². The molecular formula is C15H30N2O3. The monoisotopic (exact) mass is 286 g/mol. The second-order valence-corrected chi connectivity index (χ2v) is 4.99. The molecule has 1 atom stereocenters. The van der Waals surface area contributed by atoms with Crippen molar-refractivity contribution >= 4 is 5.97 Å². The second kappa shape index (κ2) is 12.9. The van der Waals surface area contributed by atoms with E-state index in [0.717, 1.165) is 32.5 Å². The van der Waals surface area contributed by atoms with E-state index < -0.39 is 5.97 Å². The van der Waals surface area contributed by atoms with Crippen LogP contribution in [-0.2, 0) is 4.79 Å². The lowest BCUT2D eigenvalue weighted by Crippen LogP contribution is -2.37. The van der Waals surface area contributed by atoms with E-state index in [2.05, 4.69) is 12.2 Å². The Morgan fingerprint density at radius 1 is 1.25 bits per heavy atom. The van der Waals surface area contributed by atoms with Crippen LogP contribution in [0.25, 0.3) is 0 Å². The fraction of sp³-hybridized carbons (Fsp3) is 0.800. The van der Waals surface area contributed by atoms with E-state index in [1.54, 1.807) is 6.20 Å². The van der Waals surface area contributed by atoms with Gasteiger partial charge >= 0.3 is 5.97 Å². The summed E-state index contributed by atoms with van der Waals surface area (Å²) in [6.45, 7) is 6.72. The largest absolute Gasteiger partial charge is 0.478 e. The smallest absolute Gasteiger partial charge is 0.329 e. The lowest BCUT2D eigenvalue weighted by Gasteiger charge is -2.22. The molecule has 0 saturated carbocycles. The van der Waals surface area contributed by atoms with Crippen molar-refractivity contribution in [1.82, 2.24) is 10.2 Å². The fourth-order valence-electron chi connectivity index (χ4n) is 1.92. The maximum atomic E-state index is 10.6. The molecule has 20 heavy (non-hydrogen) atoms. The fourth-order valence-corrected chi connectivity index (χ4v) is 1.92. The number of aliphatic hydroxyl groups is 1. The Morgan fingerprint density at radius 2 is 2.00 bits per heavy atom. The molecule has 0 aromatic carbocycles. The van der Waals surface area contributed by atoms with Crippen LogP contribution in [0.1, 0.15) is 46.0 Å². The summed E-state index contributed by atoms with van der Waals surface area (Å²) >= 11 is 0. The number of nitrogens with one attached hydrogen (secondary N) is 1. The Bertz CT molecular complexity index is 266. The number of aliphatic hydroxyl groups excluding tert-OH is 1. The molecule has 3 N–H and O–H groups in total. The Hall–Kier alpha value is -1.07. The zero-order valence-corrected chi connectivity index (χ0v) is 12.8. The van der Waals surface area contributed by atoms with Crippen molar-refractivity contribution in [2.75, 3.05) is 26.2 Å². The summed E-state index contributed by atoms with van der Waals surface area (Å²) in [6, 6.07) is 0.125. The van der Waals surface area contributed by atoms with Gasteiger partial charge in [0.1, 0.15) is 0 Å². The quantitative estimate of drug-likeness (QED) is 0.356. The summed E-state index contributed by atoms with van der Waals surface area (Å²) < 4.78 is 0. The Balaban J connectivity index is 4.06. The van der Waals surface area contributed by atoms with Gasteiger partial charge < -0.3 is 20.4 Å². The van der Waals surface area contributed by atoms with E-state index in [4.69, 9.17) is 10.2 Å². The first-order chi connectivity index (χ1) is 9.63. The summed E-state index contributed by atoms with van der Waals surface area (Å²) in [5, 5.41) is 21.1.